The molecule has 1 spiro atoms. The van der Waals surface area contributed by atoms with Gasteiger partial charge in [0, 0.05) is 31.2 Å². The van der Waals surface area contributed by atoms with Gasteiger partial charge in [-0.2, -0.15) is 0 Å². The minimum absolute atomic E-state index is 0.0851. The topological polar surface area (TPSA) is 54.0 Å². The van der Waals surface area contributed by atoms with Crippen molar-refractivity contribution in [2.24, 2.45) is 5.92 Å². The van der Waals surface area contributed by atoms with E-state index in [0.717, 1.165) is 69.0 Å². The molecule has 142 valence electrons. The molecule has 2 fully saturated rings. The van der Waals surface area contributed by atoms with Gasteiger partial charge in [-0.15, -0.1) is 0 Å². The first-order valence-electron chi connectivity index (χ1n) is 9.62. The number of methoxy groups -OCH3 is 1. The molecule has 0 aromatic heterocycles. The van der Waals surface area contributed by atoms with Gasteiger partial charge in [0.25, 0.3) is 0 Å². The quantitative estimate of drug-likeness (QED) is 0.858. The molecule has 1 aromatic rings. The Morgan fingerprint density at radius 3 is 2.88 bits per heavy atom. The Kier molecular flexibility index (Phi) is 4.80. The summed E-state index contributed by atoms with van der Waals surface area (Å²) in [5.74, 6) is 1.80. The highest BCUT2D eigenvalue weighted by molar-refractivity contribution is 5.80. The molecule has 4 rings (SSSR count). The molecule has 6 heteroatoms. The molecule has 1 aromatic carbocycles. The summed E-state index contributed by atoms with van der Waals surface area (Å²) in [5.41, 5.74) is 1.24. The van der Waals surface area contributed by atoms with Crippen LogP contribution in [0.1, 0.15) is 18.4 Å². The van der Waals surface area contributed by atoms with E-state index in [0.29, 0.717) is 6.61 Å². The maximum absolute atomic E-state index is 13.2. The molecule has 0 saturated carbocycles. The summed E-state index contributed by atoms with van der Waals surface area (Å²) >= 11 is 0. The van der Waals surface area contributed by atoms with E-state index in [9.17, 15) is 4.79 Å². The zero-order valence-corrected chi connectivity index (χ0v) is 15.8. The van der Waals surface area contributed by atoms with E-state index in [-0.39, 0.29) is 17.4 Å². The predicted octanol–water partition coefficient (Wildman–Crippen LogP) is 1.14. The summed E-state index contributed by atoms with van der Waals surface area (Å²) in [6, 6.07) is 5.87. The Hall–Kier alpha value is -1.79. The Bertz CT molecular complexity index is 672. The summed E-state index contributed by atoms with van der Waals surface area (Å²) in [5, 5.41) is 3.44. The van der Waals surface area contributed by atoms with Crippen LogP contribution in [0.15, 0.2) is 18.2 Å². The van der Waals surface area contributed by atoms with Gasteiger partial charge in [-0.05, 0) is 51.0 Å². The van der Waals surface area contributed by atoms with Gasteiger partial charge in [0.15, 0.2) is 0 Å². The molecule has 1 unspecified atom stereocenters. The third-order valence-corrected chi connectivity index (χ3v) is 6.38. The molecule has 1 amide bonds. The largest absolute Gasteiger partial charge is 0.497 e. The fourth-order valence-corrected chi connectivity index (χ4v) is 4.58. The van der Waals surface area contributed by atoms with Crippen LogP contribution in [0.25, 0.3) is 0 Å². The number of piperazine rings is 1. The number of hydrogen-bond donors (Lipinski definition) is 1. The number of rotatable bonds is 2. The SMILES string of the molecule is COc1ccc2c(c1)OCC(C(=O)N1CCN(C)C3(CCNCC3)C1)C2. The van der Waals surface area contributed by atoms with Crippen LogP contribution in [-0.2, 0) is 11.2 Å². The second kappa shape index (κ2) is 7.08. The highest BCUT2D eigenvalue weighted by Gasteiger charge is 2.43. The number of amides is 1. The van der Waals surface area contributed by atoms with Crippen molar-refractivity contribution < 1.29 is 14.3 Å². The van der Waals surface area contributed by atoms with Crippen LogP contribution in [0, 0.1) is 5.92 Å². The van der Waals surface area contributed by atoms with Crippen molar-refractivity contribution >= 4 is 5.91 Å². The Morgan fingerprint density at radius 1 is 1.31 bits per heavy atom. The van der Waals surface area contributed by atoms with Gasteiger partial charge in [-0.3, -0.25) is 9.69 Å². The number of benzene rings is 1. The number of fused-ring (bicyclic) bond motifs is 1. The number of ether oxygens (including phenoxy) is 2. The van der Waals surface area contributed by atoms with Gasteiger partial charge in [-0.1, -0.05) is 6.07 Å². The molecular weight excluding hydrogens is 330 g/mol. The van der Waals surface area contributed by atoms with Crippen LogP contribution < -0.4 is 14.8 Å². The highest BCUT2D eigenvalue weighted by Crippen LogP contribution is 2.34. The third kappa shape index (κ3) is 3.16. The van der Waals surface area contributed by atoms with Crippen LogP contribution >= 0.6 is 0 Å². The maximum atomic E-state index is 13.2. The van der Waals surface area contributed by atoms with Crippen LogP contribution in [0.2, 0.25) is 0 Å². The van der Waals surface area contributed by atoms with Crippen molar-refractivity contribution in [3.63, 3.8) is 0 Å². The number of hydrogen-bond acceptors (Lipinski definition) is 5. The zero-order chi connectivity index (χ0) is 18.1. The Labute approximate surface area is 155 Å². The summed E-state index contributed by atoms with van der Waals surface area (Å²) in [7, 11) is 3.86. The molecule has 1 atom stereocenters. The maximum Gasteiger partial charge on any atom is 0.229 e. The average Bonchev–Trinajstić information content (AvgIpc) is 2.69. The molecule has 26 heavy (non-hydrogen) atoms. The molecule has 3 aliphatic rings. The van der Waals surface area contributed by atoms with E-state index in [1.807, 2.05) is 18.2 Å². The number of piperidine rings is 1. The molecule has 1 N–H and O–H groups in total. The van der Waals surface area contributed by atoms with Gasteiger partial charge in [0.1, 0.15) is 18.1 Å². The minimum atomic E-state index is -0.0851. The van der Waals surface area contributed by atoms with E-state index >= 15 is 0 Å². The summed E-state index contributed by atoms with van der Waals surface area (Å²) in [4.78, 5) is 17.8. The number of carbonyl (C=O) groups is 1. The monoisotopic (exact) mass is 359 g/mol. The van der Waals surface area contributed by atoms with Crippen LogP contribution in [-0.4, -0.2) is 74.7 Å². The number of carbonyl (C=O) groups excluding carboxylic acids is 1. The summed E-state index contributed by atoms with van der Waals surface area (Å²) in [6.45, 7) is 5.14. The minimum Gasteiger partial charge on any atom is -0.497 e. The molecule has 0 aliphatic carbocycles. The summed E-state index contributed by atoms with van der Waals surface area (Å²) in [6.07, 6.45) is 2.97. The first-order valence-corrected chi connectivity index (χ1v) is 9.62. The molecule has 0 bridgehead atoms. The molecule has 0 radical (unpaired) electrons. The van der Waals surface area contributed by atoms with E-state index in [1.165, 1.54) is 0 Å². The lowest BCUT2D eigenvalue weighted by Crippen LogP contribution is -2.65. The third-order valence-electron chi connectivity index (χ3n) is 6.38. The standard InChI is InChI=1S/C20H29N3O3/c1-22-9-10-23(14-20(22)5-7-21-8-6-20)19(24)16-11-15-3-4-17(25-2)12-18(15)26-13-16/h3-4,12,16,21H,5-11,13-14H2,1-2H3. The van der Waals surface area contributed by atoms with Crippen molar-refractivity contribution in [3.8, 4) is 11.5 Å². The van der Waals surface area contributed by atoms with Gasteiger partial charge < -0.3 is 19.7 Å². The number of nitrogens with zero attached hydrogens (tertiary/aromatic N) is 2. The number of nitrogens with one attached hydrogen (secondary N) is 1. The Balaban J connectivity index is 1.46. The van der Waals surface area contributed by atoms with Crippen molar-refractivity contribution in [2.75, 3.05) is 53.5 Å². The van der Waals surface area contributed by atoms with E-state index < -0.39 is 0 Å². The Morgan fingerprint density at radius 2 is 2.12 bits per heavy atom. The predicted molar refractivity (Wildman–Crippen MR) is 99.7 cm³/mol. The molecule has 3 heterocycles. The van der Waals surface area contributed by atoms with Crippen molar-refractivity contribution in [1.82, 2.24) is 15.1 Å². The van der Waals surface area contributed by atoms with E-state index in [2.05, 4.69) is 22.2 Å². The first kappa shape index (κ1) is 17.6. The molecule has 3 aliphatic heterocycles. The van der Waals surface area contributed by atoms with Gasteiger partial charge in [-0.25, -0.2) is 0 Å². The van der Waals surface area contributed by atoms with Gasteiger partial charge in [0.2, 0.25) is 5.91 Å². The van der Waals surface area contributed by atoms with Crippen LogP contribution in [0.4, 0.5) is 0 Å². The average molecular weight is 359 g/mol. The van der Waals surface area contributed by atoms with Crippen molar-refractivity contribution in [2.45, 2.75) is 24.8 Å². The van der Waals surface area contributed by atoms with Crippen molar-refractivity contribution in [3.05, 3.63) is 23.8 Å². The lowest BCUT2D eigenvalue weighted by atomic mass is 9.84. The fraction of sp³-hybridized carbons (Fsp3) is 0.650. The molecule has 2 saturated heterocycles. The lowest BCUT2D eigenvalue weighted by molar-refractivity contribution is -0.143. The molecular formula is C20H29N3O3. The van der Waals surface area contributed by atoms with Crippen molar-refractivity contribution in [1.29, 1.82) is 0 Å². The van der Waals surface area contributed by atoms with Gasteiger partial charge >= 0.3 is 0 Å². The first-order chi connectivity index (χ1) is 12.6. The zero-order valence-electron chi connectivity index (χ0n) is 15.8. The lowest BCUT2D eigenvalue weighted by Gasteiger charge is -2.52. The molecule has 6 nitrogen and oxygen atoms in total. The van der Waals surface area contributed by atoms with E-state index in [1.54, 1.807) is 7.11 Å². The second-order valence-corrected chi connectivity index (χ2v) is 7.84. The van der Waals surface area contributed by atoms with Gasteiger partial charge in [0.05, 0.1) is 13.0 Å². The second-order valence-electron chi connectivity index (χ2n) is 7.84. The smallest absolute Gasteiger partial charge is 0.229 e. The van der Waals surface area contributed by atoms with E-state index in [4.69, 9.17) is 9.47 Å². The fourth-order valence-electron chi connectivity index (χ4n) is 4.58. The number of likely N-dealkylation sites (N-methyl/N-ethyl adjacent to an activating group) is 1. The van der Waals surface area contributed by atoms with Crippen LogP contribution in [0.5, 0.6) is 11.5 Å². The normalized spacial score (nSPS) is 25.5. The highest BCUT2D eigenvalue weighted by atomic mass is 16.5. The van der Waals surface area contributed by atoms with Crippen LogP contribution in [0.3, 0.4) is 0 Å². The summed E-state index contributed by atoms with van der Waals surface area (Å²) < 4.78 is 11.2.